The molecule has 0 atom stereocenters. The van der Waals surface area contributed by atoms with E-state index < -0.39 is 0 Å². The van der Waals surface area contributed by atoms with Crippen LogP contribution in [0.3, 0.4) is 0 Å². The van der Waals surface area contributed by atoms with Gasteiger partial charge in [-0.15, -0.1) is 0 Å². The van der Waals surface area contributed by atoms with E-state index in [4.69, 9.17) is 14.4 Å². The quantitative estimate of drug-likeness (QED) is 0.493. The first-order valence-electron chi connectivity index (χ1n) is 8.28. The number of aromatic nitrogens is 1. The largest absolute Gasteiger partial charge is 0.489 e. The monoisotopic (exact) mass is 358 g/mol. The molecule has 0 radical (unpaired) electrons. The van der Waals surface area contributed by atoms with Crippen LogP contribution >= 0.6 is 0 Å². The first kappa shape index (κ1) is 18.0. The van der Waals surface area contributed by atoms with Gasteiger partial charge in [0.25, 0.3) is 5.88 Å². The van der Waals surface area contributed by atoms with Crippen molar-refractivity contribution in [2.24, 2.45) is 5.10 Å². The second-order valence-electron chi connectivity index (χ2n) is 5.81. The van der Waals surface area contributed by atoms with Crippen molar-refractivity contribution in [2.45, 2.75) is 13.5 Å². The Labute approximate surface area is 157 Å². The molecule has 134 valence electrons. The predicted molar refractivity (Wildman–Crippen MR) is 104 cm³/mol. The molecule has 3 aromatic rings. The summed E-state index contributed by atoms with van der Waals surface area (Å²) >= 11 is 0. The maximum atomic E-state index is 9.11. The molecule has 0 aliphatic rings. The Morgan fingerprint density at radius 1 is 1.30 bits per heavy atom. The predicted octanol–water partition coefficient (Wildman–Crippen LogP) is 4.60. The minimum atomic E-state index is 0.130. The van der Waals surface area contributed by atoms with Crippen molar-refractivity contribution in [3.63, 3.8) is 0 Å². The van der Waals surface area contributed by atoms with Gasteiger partial charge in [0.15, 0.2) is 0 Å². The molecule has 0 unspecified atom stereocenters. The molecule has 1 heterocycles. The van der Waals surface area contributed by atoms with Crippen LogP contribution in [0.15, 0.2) is 70.7 Å². The van der Waals surface area contributed by atoms with E-state index >= 15 is 0 Å². The van der Waals surface area contributed by atoms with Crippen LogP contribution in [0.5, 0.6) is 5.75 Å². The topological polar surface area (TPSA) is 83.4 Å². The zero-order valence-corrected chi connectivity index (χ0v) is 14.8. The van der Waals surface area contributed by atoms with Crippen LogP contribution in [0, 0.1) is 11.3 Å². The summed E-state index contributed by atoms with van der Waals surface area (Å²) in [5.74, 6) is 1.23. The average Bonchev–Trinajstić information content (AvgIpc) is 3.11. The number of hydrazone groups is 1. The third-order valence-corrected chi connectivity index (χ3v) is 3.58. The van der Waals surface area contributed by atoms with Crippen molar-refractivity contribution in [3.05, 3.63) is 83.9 Å². The van der Waals surface area contributed by atoms with Crippen LogP contribution in [-0.4, -0.2) is 11.2 Å². The third kappa shape index (κ3) is 4.83. The zero-order valence-electron chi connectivity index (χ0n) is 14.8. The molecule has 0 amide bonds. The standard InChI is InChI=1S/C21H18N4O2/c1-15(2)20-24-19(12-22)21(27-20)25-23-13-17-9-6-10-18(11-17)26-14-16-7-4-3-5-8-16/h3-11,13,25H,1,14H2,2H3/b23-13-. The summed E-state index contributed by atoms with van der Waals surface area (Å²) in [5.41, 5.74) is 5.40. The van der Waals surface area contributed by atoms with Gasteiger partial charge in [-0.1, -0.05) is 49.0 Å². The number of benzene rings is 2. The van der Waals surface area contributed by atoms with Crippen LogP contribution < -0.4 is 10.2 Å². The number of allylic oxidation sites excluding steroid dienone is 1. The normalized spacial score (nSPS) is 10.5. The third-order valence-electron chi connectivity index (χ3n) is 3.58. The number of ether oxygens (including phenoxy) is 1. The number of anilines is 1. The van der Waals surface area contributed by atoms with Gasteiger partial charge in [0.05, 0.1) is 6.21 Å². The molecule has 6 nitrogen and oxygen atoms in total. The van der Waals surface area contributed by atoms with E-state index in [0.29, 0.717) is 18.1 Å². The van der Waals surface area contributed by atoms with E-state index in [-0.39, 0.29) is 11.6 Å². The molecule has 0 saturated carbocycles. The Bertz CT molecular complexity index is 1000. The summed E-state index contributed by atoms with van der Waals surface area (Å²) in [6, 6.07) is 19.5. The molecular weight excluding hydrogens is 340 g/mol. The van der Waals surface area contributed by atoms with E-state index in [1.54, 1.807) is 13.1 Å². The highest BCUT2D eigenvalue weighted by Gasteiger charge is 2.12. The van der Waals surface area contributed by atoms with Crippen molar-refractivity contribution < 1.29 is 9.15 Å². The molecule has 27 heavy (non-hydrogen) atoms. The molecule has 0 aliphatic heterocycles. The second kappa shape index (κ2) is 8.50. The number of nitrogens with one attached hydrogen (secondary N) is 1. The lowest BCUT2D eigenvalue weighted by atomic mass is 10.2. The SMILES string of the molecule is C=C(C)c1nc(C#N)c(N/N=C\c2cccc(OCc3ccccc3)c2)o1. The van der Waals surface area contributed by atoms with Gasteiger partial charge in [0.1, 0.15) is 18.4 Å². The van der Waals surface area contributed by atoms with Gasteiger partial charge in [-0.25, -0.2) is 5.43 Å². The lowest BCUT2D eigenvalue weighted by Gasteiger charge is -2.06. The lowest BCUT2D eigenvalue weighted by Crippen LogP contribution is -1.96. The van der Waals surface area contributed by atoms with Gasteiger partial charge in [-0.3, -0.25) is 0 Å². The first-order valence-corrected chi connectivity index (χ1v) is 8.28. The minimum Gasteiger partial charge on any atom is -0.489 e. The first-order chi connectivity index (χ1) is 13.2. The summed E-state index contributed by atoms with van der Waals surface area (Å²) in [6.45, 7) is 5.99. The van der Waals surface area contributed by atoms with Gasteiger partial charge in [-0.05, 0) is 30.2 Å². The molecule has 0 saturated heterocycles. The Kier molecular flexibility index (Phi) is 5.65. The fourth-order valence-corrected chi connectivity index (χ4v) is 2.25. The second-order valence-corrected chi connectivity index (χ2v) is 5.81. The highest BCUT2D eigenvalue weighted by atomic mass is 16.5. The van der Waals surface area contributed by atoms with Crippen molar-refractivity contribution in [1.29, 1.82) is 5.26 Å². The molecule has 0 spiro atoms. The van der Waals surface area contributed by atoms with Crippen molar-refractivity contribution in [2.75, 3.05) is 5.43 Å². The Balaban J connectivity index is 1.64. The van der Waals surface area contributed by atoms with Crippen LogP contribution in [0.25, 0.3) is 5.57 Å². The Morgan fingerprint density at radius 3 is 2.85 bits per heavy atom. The van der Waals surface area contributed by atoms with Gasteiger partial charge < -0.3 is 9.15 Å². The molecule has 3 rings (SSSR count). The maximum Gasteiger partial charge on any atom is 0.252 e. The average molecular weight is 358 g/mol. The number of hydrogen-bond donors (Lipinski definition) is 1. The van der Waals surface area contributed by atoms with E-state index in [1.165, 1.54) is 0 Å². The summed E-state index contributed by atoms with van der Waals surface area (Å²) in [6.07, 6.45) is 1.61. The Hall–Kier alpha value is -3.85. The molecular formula is C21H18N4O2. The number of nitriles is 1. The van der Waals surface area contributed by atoms with Crippen LogP contribution in [-0.2, 0) is 6.61 Å². The highest BCUT2D eigenvalue weighted by molar-refractivity contribution is 5.80. The summed E-state index contributed by atoms with van der Waals surface area (Å²) in [7, 11) is 0. The van der Waals surface area contributed by atoms with Crippen LogP contribution in [0.4, 0.5) is 5.88 Å². The number of oxazole rings is 1. The summed E-state index contributed by atoms with van der Waals surface area (Å²) in [4.78, 5) is 4.04. The number of nitrogens with zero attached hydrogens (tertiary/aromatic N) is 3. The zero-order chi connectivity index (χ0) is 19.1. The molecule has 2 aromatic carbocycles. The van der Waals surface area contributed by atoms with Crippen molar-refractivity contribution in [1.82, 2.24) is 4.98 Å². The fraction of sp³-hybridized carbons (Fsp3) is 0.0952. The fourth-order valence-electron chi connectivity index (χ4n) is 2.25. The number of rotatable bonds is 7. The molecule has 1 N–H and O–H groups in total. The summed E-state index contributed by atoms with van der Waals surface area (Å²) in [5, 5.41) is 13.2. The van der Waals surface area contributed by atoms with E-state index in [2.05, 4.69) is 22.1 Å². The maximum absolute atomic E-state index is 9.11. The van der Waals surface area contributed by atoms with Crippen molar-refractivity contribution in [3.8, 4) is 11.8 Å². The van der Waals surface area contributed by atoms with Gasteiger partial charge in [0.2, 0.25) is 11.6 Å². The molecule has 0 aliphatic carbocycles. The molecule has 0 bridgehead atoms. The van der Waals surface area contributed by atoms with Gasteiger partial charge in [-0.2, -0.15) is 15.3 Å². The van der Waals surface area contributed by atoms with Crippen LogP contribution in [0.1, 0.15) is 29.6 Å². The van der Waals surface area contributed by atoms with Crippen molar-refractivity contribution >= 4 is 17.7 Å². The van der Waals surface area contributed by atoms with Gasteiger partial charge >= 0.3 is 0 Å². The molecule has 0 fully saturated rings. The highest BCUT2D eigenvalue weighted by Crippen LogP contribution is 2.21. The van der Waals surface area contributed by atoms with Crippen LogP contribution in [0.2, 0.25) is 0 Å². The minimum absolute atomic E-state index is 0.130. The summed E-state index contributed by atoms with van der Waals surface area (Å²) < 4.78 is 11.2. The van der Waals surface area contributed by atoms with Gasteiger partial charge in [0, 0.05) is 5.57 Å². The van der Waals surface area contributed by atoms with E-state index in [0.717, 1.165) is 16.9 Å². The molecule has 1 aromatic heterocycles. The van der Waals surface area contributed by atoms with E-state index in [9.17, 15) is 0 Å². The molecule has 6 heteroatoms. The Morgan fingerprint density at radius 2 is 2.11 bits per heavy atom. The smallest absolute Gasteiger partial charge is 0.252 e. The number of hydrogen-bond acceptors (Lipinski definition) is 6. The van der Waals surface area contributed by atoms with E-state index in [1.807, 2.05) is 60.7 Å². The lowest BCUT2D eigenvalue weighted by molar-refractivity contribution is 0.306.